The topological polar surface area (TPSA) is 81.8 Å². The highest BCUT2D eigenvalue weighted by atomic mass is 16.5. The Morgan fingerprint density at radius 1 is 1.32 bits per heavy atom. The average Bonchev–Trinajstić information content (AvgIpc) is 2.66. The van der Waals surface area contributed by atoms with Crippen molar-refractivity contribution in [3.63, 3.8) is 0 Å². The molecule has 2 saturated heterocycles. The number of rotatable bonds is 5. The zero-order valence-corrected chi connectivity index (χ0v) is 14.8. The van der Waals surface area contributed by atoms with E-state index in [2.05, 4.69) is 14.9 Å². The van der Waals surface area contributed by atoms with Crippen LogP contribution in [0.4, 0.5) is 5.82 Å². The van der Waals surface area contributed by atoms with E-state index >= 15 is 0 Å². The Morgan fingerprint density at radius 3 is 2.84 bits per heavy atom. The fraction of sp³-hybridized carbons (Fsp3) is 0.706. The number of aromatic nitrogens is 2. The normalized spacial score (nSPS) is 22.2. The van der Waals surface area contributed by atoms with Gasteiger partial charge in [0.2, 0.25) is 5.91 Å². The lowest BCUT2D eigenvalue weighted by Crippen LogP contribution is -2.53. The third kappa shape index (κ3) is 4.38. The quantitative estimate of drug-likeness (QED) is 0.791. The molecule has 1 amide bonds. The van der Waals surface area contributed by atoms with Gasteiger partial charge in [-0.05, 0) is 19.4 Å². The van der Waals surface area contributed by atoms with Crippen molar-refractivity contribution in [2.24, 2.45) is 5.92 Å². The molecule has 1 N–H and O–H groups in total. The van der Waals surface area contributed by atoms with Gasteiger partial charge < -0.3 is 24.4 Å². The number of H-pyrrole nitrogens is 1. The standard InChI is InChI=1S/C17H27N5O3/c1-25-12-11-20-6-2-3-14(13-20)17(24)22-9-7-21(8-10-22)15-16(23)19-5-4-18-15/h4-5,14H,2-3,6-13H2,1H3,(H,19,23)/t14-/m0/s1. The maximum atomic E-state index is 12.8. The van der Waals surface area contributed by atoms with Crippen LogP contribution in [0.25, 0.3) is 0 Å². The van der Waals surface area contributed by atoms with Crippen LogP contribution in [0, 0.1) is 5.92 Å². The number of aromatic amines is 1. The number of nitrogens with zero attached hydrogens (tertiary/aromatic N) is 4. The lowest BCUT2D eigenvalue weighted by molar-refractivity contribution is -0.137. The number of ether oxygens (including phenoxy) is 1. The van der Waals surface area contributed by atoms with Gasteiger partial charge in [0, 0.05) is 58.8 Å². The highest BCUT2D eigenvalue weighted by molar-refractivity contribution is 5.79. The van der Waals surface area contributed by atoms with Crippen LogP contribution < -0.4 is 10.5 Å². The van der Waals surface area contributed by atoms with Gasteiger partial charge in [-0.2, -0.15) is 0 Å². The first kappa shape index (κ1) is 17.9. The molecule has 0 aliphatic carbocycles. The molecular formula is C17H27N5O3. The summed E-state index contributed by atoms with van der Waals surface area (Å²) < 4.78 is 5.14. The highest BCUT2D eigenvalue weighted by Gasteiger charge is 2.31. The number of amides is 1. The van der Waals surface area contributed by atoms with E-state index < -0.39 is 0 Å². The molecule has 1 aromatic rings. The molecule has 8 heteroatoms. The molecular weight excluding hydrogens is 322 g/mol. The second-order valence-electron chi connectivity index (χ2n) is 6.69. The smallest absolute Gasteiger partial charge is 0.290 e. The number of likely N-dealkylation sites (tertiary alicyclic amines) is 1. The monoisotopic (exact) mass is 349 g/mol. The Hall–Kier alpha value is -1.93. The molecule has 0 spiro atoms. The largest absolute Gasteiger partial charge is 0.383 e. The molecule has 3 heterocycles. The van der Waals surface area contributed by atoms with E-state index in [0.29, 0.717) is 38.6 Å². The zero-order valence-electron chi connectivity index (χ0n) is 14.8. The summed E-state index contributed by atoms with van der Waals surface area (Å²) in [5, 5.41) is 0. The number of nitrogens with one attached hydrogen (secondary N) is 1. The first-order valence-corrected chi connectivity index (χ1v) is 8.97. The summed E-state index contributed by atoms with van der Waals surface area (Å²) >= 11 is 0. The van der Waals surface area contributed by atoms with Crippen molar-refractivity contribution >= 4 is 11.7 Å². The van der Waals surface area contributed by atoms with Crippen LogP contribution in [0.15, 0.2) is 17.2 Å². The molecule has 0 radical (unpaired) electrons. The van der Waals surface area contributed by atoms with Crippen LogP contribution in [-0.2, 0) is 9.53 Å². The van der Waals surface area contributed by atoms with Gasteiger partial charge in [0.05, 0.1) is 12.5 Å². The van der Waals surface area contributed by atoms with Crippen LogP contribution in [-0.4, -0.2) is 85.2 Å². The second kappa shape index (κ2) is 8.44. The Kier molecular flexibility index (Phi) is 6.04. The number of methoxy groups -OCH3 is 1. The van der Waals surface area contributed by atoms with Crippen LogP contribution in [0.5, 0.6) is 0 Å². The maximum Gasteiger partial charge on any atom is 0.290 e. The number of piperazine rings is 1. The maximum absolute atomic E-state index is 12.8. The van der Waals surface area contributed by atoms with Gasteiger partial charge in [0.25, 0.3) is 5.56 Å². The van der Waals surface area contributed by atoms with Gasteiger partial charge >= 0.3 is 0 Å². The van der Waals surface area contributed by atoms with Gasteiger partial charge in [-0.25, -0.2) is 4.98 Å². The van der Waals surface area contributed by atoms with E-state index in [1.807, 2.05) is 9.80 Å². The minimum Gasteiger partial charge on any atom is -0.383 e. The van der Waals surface area contributed by atoms with Crippen LogP contribution in [0.1, 0.15) is 12.8 Å². The number of piperidine rings is 1. The van der Waals surface area contributed by atoms with E-state index in [4.69, 9.17) is 4.74 Å². The summed E-state index contributed by atoms with van der Waals surface area (Å²) in [4.78, 5) is 37.7. The Bertz CT molecular complexity index is 627. The first-order valence-electron chi connectivity index (χ1n) is 8.97. The van der Waals surface area contributed by atoms with Crippen molar-refractivity contribution in [1.29, 1.82) is 0 Å². The van der Waals surface area contributed by atoms with E-state index in [0.717, 1.165) is 32.5 Å². The van der Waals surface area contributed by atoms with Gasteiger partial charge in [0.15, 0.2) is 5.82 Å². The van der Waals surface area contributed by atoms with Crippen molar-refractivity contribution in [3.05, 3.63) is 22.7 Å². The van der Waals surface area contributed by atoms with E-state index in [9.17, 15) is 9.59 Å². The predicted molar refractivity (Wildman–Crippen MR) is 94.7 cm³/mol. The third-order valence-electron chi connectivity index (χ3n) is 5.05. The highest BCUT2D eigenvalue weighted by Crippen LogP contribution is 2.20. The van der Waals surface area contributed by atoms with Gasteiger partial charge in [-0.3, -0.25) is 9.59 Å². The number of hydrogen-bond donors (Lipinski definition) is 1. The predicted octanol–water partition coefficient (Wildman–Crippen LogP) is -0.223. The minimum atomic E-state index is -0.177. The molecule has 8 nitrogen and oxygen atoms in total. The van der Waals surface area contributed by atoms with Crippen molar-refractivity contribution < 1.29 is 9.53 Å². The van der Waals surface area contributed by atoms with E-state index in [1.54, 1.807) is 13.3 Å². The summed E-state index contributed by atoms with van der Waals surface area (Å²) in [6, 6.07) is 0. The molecule has 3 rings (SSSR count). The van der Waals surface area contributed by atoms with Crippen LogP contribution >= 0.6 is 0 Å². The number of hydrogen-bond acceptors (Lipinski definition) is 6. The van der Waals surface area contributed by atoms with E-state index in [-0.39, 0.29) is 17.4 Å². The summed E-state index contributed by atoms with van der Waals surface area (Å²) in [7, 11) is 1.71. The number of carbonyl (C=O) groups is 1. The van der Waals surface area contributed by atoms with Crippen LogP contribution in [0.3, 0.4) is 0 Å². The van der Waals surface area contributed by atoms with Crippen LogP contribution in [0.2, 0.25) is 0 Å². The number of carbonyl (C=O) groups excluding carboxylic acids is 1. The molecule has 1 aromatic heterocycles. The Balaban J connectivity index is 1.53. The zero-order chi connectivity index (χ0) is 17.6. The Morgan fingerprint density at radius 2 is 2.12 bits per heavy atom. The first-order chi connectivity index (χ1) is 12.2. The summed E-state index contributed by atoms with van der Waals surface area (Å²) in [5.41, 5.74) is -0.177. The SMILES string of the molecule is COCCN1CCC[C@H](C(=O)N2CCN(c3ncc[nH]c3=O)CC2)C1. The molecule has 0 aromatic carbocycles. The fourth-order valence-corrected chi connectivity index (χ4v) is 3.65. The van der Waals surface area contributed by atoms with Gasteiger partial charge in [0.1, 0.15) is 0 Å². The number of anilines is 1. The lowest BCUT2D eigenvalue weighted by atomic mass is 9.96. The molecule has 0 bridgehead atoms. The molecule has 1 atom stereocenters. The van der Waals surface area contributed by atoms with Crippen molar-refractivity contribution in [2.75, 3.05) is 64.4 Å². The summed E-state index contributed by atoms with van der Waals surface area (Å²) in [6.07, 6.45) is 5.14. The molecule has 2 aliphatic heterocycles. The third-order valence-corrected chi connectivity index (χ3v) is 5.05. The minimum absolute atomic E-state index is 0.0791. The average molecular weight is 349 g/mol. The van der Waals surface area contributed by atoms with Gasteiger partial charge in [-0.1, -0.05) is 0 Å². The van der Waals surface area contributed by atoms with Gasteiger partial charge in [-0.15, -0.1) is 0 Å². The van der Waals surface area contributed by atoms with E-state index in [1.165, 1.54) is 6.20 Å². The summed E-state index contributed by atoms with van der Waals surface area (Å²) in [5.74, 6) is 0.769. The van der Waals surface area contributed by atoms with Crippen molar-refractivity contribution in [2.45, 2.75) is 12.8 Å². The molecule has 2 aliphatic rings. The molecule has 0 saturated carbocycles. The molecule has 138 valence electrons. The molecule has 2 fully saturated rings. The summed E-state index contributed by atoms with van der Waals surface area (Å²) in [6.45, 7) is 6.03. The molecule has 0 unspecified atom stereocenters. The molecule has 25 heavy (non-hydrogen) atoms. The van der Waals surface area contributed by atoms with Crippen molar-refractivity contribution in [1.82, 2.24) is 19.8 Å². The Labute approximate surface area is 147 Å². The lowest BCUT2D eigenvalue weighted by Gasteiger charge is -2.39. The fourth-order valence-electron chi connectivity index (χ4n) is 3.65. The second-order valence-corrected chi connectivity index (χ2v) is 6.69. The van der Waals surface area contributed by atoms with Crippen molar-refractivity contribution in [3.8, 4) is 0 Å².